The molecule has 36 heavy (non-hydrogen) atoms. The van der Waals surface area contributed by atoms with E-state index in [-0.39, 0.29) is 21.0 Å². The van der Waals surface area contributed by atoms with Gasteiger partial charge in [0.25, 0.3) is 10.9 Å². The zero-order valence-corrected chi connectivity index (χ0v) is 21.0. The van der Waals surface area contributed by atoms with Crippen molar-refractivity contribution in [3.63, 3.8) is 0 Å². The maximum absolute atomic E-state index is 13.8. The van der Waals surface area contributed by atoms with E-state index in [1.807, 2.05) is 0 Å². The number of alkyl halides is 3. The van der Waals surface area contributed by atoms with E-state index in [0.717, 1.165) is 23.5 Å². The lowest BCUT2D eigenvalue weighted by Gasteiger charge is -2.16. The number of hydrogen-bond acceptors (Lipinski definition) is 7. The topological polar surface area (TPSA) is 125 Å². The summed E-state index contributed by atoms with van der Waals surface area (Å²) in [5.41, 5.74) is -3.89. The highest BCUT2D eigenvalue weighted by Crippen LogP contribution is 2.48. The van der Waals surface area contributed by atoms with E-state index in [1.54, 1.807) is 18.2 Å². The van der Waals surface area contributed by atoms with Crippen molar-refractivity contribution in [1.82, 2.24) is 4.98 Å². The second-order valence-corrected chi connectivity index (χ2v) is 10.9. The van der Waals surface area contributed by atoms with Crippen molar-refractivity contribution in [3.8, 4) is 22.1 Å². The van der Waals surface area contributed by atoms with Crippen LogP contribution in [0, 0.1) is 10.1 Å². The molecule has 0 aliphatic heterocycles. The van der Waals surface area contributed by atoms with Crippen molar-refractivity contribution < 1.29 is 31.2 Å². The number of primary sulfonamides is 1. The summed E-state index contributed by atoms with van der Waals surface area (Å²) in [6.07, 6.45) is -5.10. The molecule has 3 aromatic carbocycles. The molecule has 0 saturated heterocycles. The van der Waals surface area contributed by atoms with Crippen LogP contribution >= 0.6 is 46.1 Å². The van der Waals surface area contributed by atoms with Gasteiger partial charge in [-0.3, -0.25) is 10.1 Å². The van der Waals surface area contributed by atoms with Crippen molar-refractivity contribution in [2.45, 2.75) is 11.1 Å². The maximum Gasteiger partial charge on any atom is 0.417 e. The largest absolute Gasteiger partial charge is 0.428 e. The number of thiazole rings is 1. The van der Waals surface area contributed by atoms with Gasteiger partial charge in [-0.15, -0.1) is 0 Å². The van der Waals surface area contributed by atoms with Crippen LogP contribution in [0.3, 0.4) is 0 Å². The van der Waals surface area contributed by atoms with Gasteiger partial charge >= 0.3 is 6.18 Å². The van der Waals surface area contributed by atoms with Gasteiger partial charge in [0.15, 0.2) is 10.6 Å². The highest BCUT2D eigenvalue weighted by Gasteiger charge is 2.40. The molecule has 0 spiro atoms. The quantitative estimate of drug-likeness (QED) is 0.190. The maximum atomic E-state index is 13.8. The van der Waals surface area contributed by atoms with Gasteiger partial charge in [-0.05, 0) is 48.0 Å². The molecule has 0 amide bonds. The summed E-state index contributed by atoms with van der Waals surface area (Å²) in [6, 6.07) is 7.55. The molecular weight excluding hydrogens is 590 g/mol. The van der Waals surface area contributed by atoms with Crippen LogP contribution in [-0.4, -0.2) is 18.3 Å². The third-order valence-electron chi connectivity index (χ3n) is 4.74. The van der Waals surface area contributed by atoms with Gasteiger partial charge in [0.2, 0.25) is 10.0 Å². The summed E-state index contributed by atoms with van der Waals surface area (Å²) in [5.74, 6) is -0.189. The van der Waals surface area contributed by atoms with Crippen molar-refractivity contribution >= 4 is 72.1 Å². The molecule has 0 fully saturated rings. The number of rotatable bonds is 5. The van der Waals surface area contributed by atoms with E-state index in [4.69, 9.17) is 44.7 Å². The number of hydrogen-bond donors (Lipinski definition) is 1. The molecule has 0 saturated carbocycles. The Bertz CT molecular complexity index is 1640. The van der Waals surface area contributed by atoms with Gasteiger partial charge in [-0.25, -0.2) is 18.5 Å². The number of nitro benzene ring substituents is 1. The number of ether oxygens (including phenoxy) is 1. The third kappa shape index (κ3) is 5.08. The predicted molar refractivity (Wildman–Crippen MR) is 130 cm³/mol. The minimum Gasteiger partial charge on any atom is -0.428 e. The van der Waals surface area contributed by atoms with Gasteiger partial charge < -0.3 is 4.74 Å². The molecule has 4 aromatic rings. The molecule has 0 aliphatic rings. The number of nitrogens with two attached hydrogens (primary N) is 1. The first-order valence-corrected chi connectivity index (χ1v) is 12.8. The first-order valence-electron chi connectivity index (χ1n) is 9.31. The van der Waals surface area contributed by atoms with E-state index in [2.05, 4.69) is 4.98 Å². The zero-order valence-electron chi connectivity index (χ0n) is 17.1. The molecule has 0 bridgehead atoms. The Morgan fingerprint density at radius 2 is 1.69 bits per heavy atom. The summed E-state index contributed by atoms with van der Waals surface area (Å²) >= 11 is 19.5. The van der Waals surface area contributed by atoms with Gasteiger partial charge in [-0.2, -0.15) is 13.2 Å². The minimum atomic E-state index is -5.10. The number of benzene rings is 3. The number of sulfonamides is 1. The first-order chi connectivity index (χ1) is 16.7. The van der Waals surface area contributed by atoms with Crippen molar-refractivity contribution in [3.05, 3.63) is 73.2 Å². The summed E-state index contributed by atoms with van der Waals surface area (Å²) in [4.78, 5) is 13.6. The number of fused-ring (bicyclic) bond motifs is 1. The number of halogens is 6. The second-order valence-electron chi connectivity index (χ2n) is 7.10. The average Bonchev–Trinajstić information content (AvgIpc) is 3.15. The Balaban J connectivity index is 1.91. The fourth-order valence-electron chi connectivity index (χ4n) is 3.32. The number of nitro groups is 1. The van der Waals surface area contributed by atoms with Crippen molar-refractivity contribution in [2.24, 2.45) is 5.14 Å². The van der Waals surface area contributed by atoms with Crippen LogP contribution in [0.1, 0.15) is 5.56 Å². The molecule has 0 unspecified atom stereocenters. The molecule has 0 aliphatic carbocycles. The number of nitrogens with zero attached hydrogens (tertiary/aromatic N) is 2. The van der Waals surface area contributed by atoms with Crippen LogP contribution in [0.15, 0.2) is 47.4 Å². The molecule has 16 heteroatoms. The van der Waals surface area contributed by atoms with Crippen LogP contribution in [0.5, 0.6) is 10.9 Å². The van der Waals surface area contributed by atoms with Crippen LogP contribution in [0.25, 0.3) is 21.3 Å². The van der Waals surface area contributed by atoms with E-state index < -0.39 is 48.4 Å². The standard InChI is InChI=1S/C20H9Cl3F3N3O5S2/c21-9-1-3-13-14(7-9)35-19(28-13)34-18-11(22)5-8(6-12(18)23)16-10(20(24,25)26)2-4-15(36(27,32)33)17(16)29(30)31/h1-7H,(H2,27,32,33). The van der Waals surface area contributed by atoms with Crippen LogP contribution in [-0.2, 0) is 16.2 Å². The minimum absolute atomic E-state index is 0.0852. The molecular formula is C20H9Cl3F3N3O5S2. The zero-order chi connectivity index (χ0) is 26.6. The summed E-state index contributed by atoms with van der Waals surface area (Å²) in [5, 5.41) is 16.7. The summed E-state index contributed by atoms with van der Waals surface area (Å²) in [6.45, 7) is 0. The highest BCUT2D eigenvalue weighted by molar-refractivity contribution is 7.89. The molecule has 0 radical (unpaired) electrons. The summed E-state index contributed by atoms with van der Waals surface area (Å²) in [7, 11) is -4.77. The van der Waals surface area contributed by atoms with E-state index >= 15 is 0 Å². The van der Waals surface area contributed by atoms with Gasteiger partial charge in [0, 0.05) is 5.02 Å². The lowest BCUT2D eigenvalue weighted by Crippen LogP contribution is -2.17. The molecule has 4 rings (SSSR count). The molecule has 8 nitrogen and oxygen atoms in total. The van der Waals surface area contributed by atoms with Crippen LogP contribution in [0.4, 0.5) is 18.9 Å². The second kappa shape index (κ2) is 9.32. The van der Waals surface area contributed by atoms with Crippen molar-refractivity contribution in [2.75, 3.05) is 0 Å². The van der Waals surface area contributed by atoms with Crippen LogP contribution < -0.4 is 9.88 Å². The van der Waals surface area contributed by atoms with Crippen LogP contribution in [0.2, 0.25) is 15.1 Å². The van der Waals surface area contributed by atoms with Gasteiger partial charge in [0.1, 0.15) is 0 Å². The Morgan fingerprint density at radius 1 is 1.06 bits per heavy atom. The Morgan fingerprint density at radius 3 is 2.25 bits per heavy atom. The molecule has 1 heterocycles. The Hall–Kier alpha value is -2.68. The molecule has 2 N–H and O–H groups in total. The Labute approximate surface area is 219 Å². The summed E-state index contributed by atoms with van der Waals surface area (Å²) < 4.78 is 71.5. The molecule has 188 valence electrons. The van der Waals surface area contributed by atoms with Crippen molar-refractivity contribution in [1.29, 1.82) is 0 Å². The van der Waals surface area contributed by atoms with E-state index in [9.17, 15) is 31.7 Å². The predicted octanol–water partition coefficient (Wildman–Crippen LogP) is 7.29. The highest BCUT2D eigenvalue weighted by atomic mass is 35.5. The SMILES string of the molecule is NS(=O)(=O)c1ccc(C(F)(F)F)c(-c2cc(Cl)c(Oc3nc4ccc(Cl)cc4s3)c(Cl)c2)c1[N+](=O)[O-]. The Kier molecular flexibility index (Phi) is 6.83. The van der Waals surface area contributed by atoms with Gasteiger partial charge in [-0.1, -0.05) is 46.1 Å². The van der Waals surface area contributed by atoms with E-state index in [0.29, 0.717) is 27.4 Å². The first kappa shape index (κ1) is 26.4. The third-order valence-corrected chi connectivity index (χ3v) is 7.38. The lowest BCUT2D eigenvalue weighted by molar-refractivity contribution is -0.387. The molecule has 1 aromatic heterocycles. The smallest absolute Gasteiger partial charge is 0.417 e. The number of aromatic nitrogens is 1. The average molecular weight is 599 g/mol. The monoisotopic (exact) mass is 597 g/mol. The fraction of sp³-hybridized carbons (Fsp3) is 0.0500. The van der Waals surface area contributed by atoms with Gasteiger partial charge in [0.05, 0.1) is 36.3 Å². The fourth-order valence-corrected chi connectivity index (χ4v) is 5.69. The molecule has 0 atom stereocenters. The normalized spacial score (nSPS) is 12.2. The lowest BCUT2D eigenvalue weighted by atomic mass is 9.97. The van der Waals surface area contributed by atoms with E-state index in [1.165, 1.54) is 0 Å².